The number of ether oxygens (including phenoxy) is 1. The minimum atomic E-state index is -0.939. The lowest BCUT2D eigenvalue weighted by Crippen LogP contribution is -2.49. The van der Waals surface area contributed by atoms with Crippen molar-refractivity contribution in [1.82, 2.24) is 15.1 Å². The summed E-state index contributed by atoms with van der Waals surface area (Å²) in [6.07, 6.45) is 0. The van der Waals surface area contributed by atoms with Crippen molar-refractivity contribution in [1.29, 1.82) is 0 Å². The molecule has 0 aliphatic carbocycles. The smallest absolute Gasteiger partial charge is 0.358 e. The number of piperazine rings is 1. The summed E-state index contributed by atoms with van der Waals surface area (Å²) in [7, 11) is 1.27. The van der Waals surface area contributed by atoms with Crippen LogP contribution in [0.5, 0.6) is 5.75 Å². The Labute approximate surface area is 159 Å². The number of anilines is 1. The number of amides is 1. The molecular weight excluding hydrogens is 379 g/mol. The number of rotatable bonds is 3. The molecule has 0 saturated carbocycles. The van der Waals surface area contributed by atoms with Gasteiger partial charge in [0.15, 0.2) is 23.1 Å². The number of carbonyl (C=O) groups is 2. The highest BCUT2D eigenvalue weighted by Crippen LogP contribution is 2.28. The van der Waals surface area contributed by atoms with Crippen LogP contribution in [0, 0.1) is 5.82 Å². The first kappa shape index (κ1) is 18.8. The largest absolute Gasteiger partial charge is 0.504 e. The second-order valence-corrected chi connectivity index (χ2v) is 6.24. The summed E-state index contributed by atoms with van der Waals surface area (Å²) in [4.78, 5) is 27.4. The standard InChI is InChI=1S/C17H16ClFN4O4/c1-27-17(26)13-2-3-14(21-20-13)22-4-6-23(7-5-22)16(25)10-8-11(18)15(24)12(19)9-10/h2-3,8-9,24H,4-7H2,1H3. The first-order valence-electron chi connectivity index (χ1n) is 8.05. The molecule has 1 fully saturated rings. The van der Waals surface area contributed by atoms with E-state index in [1.54, 1.807) is 11.0 Å². The third-order valence-electron chi connectivity index (χ3n) is 4.20. The van der Waals surface area contributed by atoms with Crippen LogP contribution in [0.3, 0.4) is 0 Å². The predicted octanol–water partition coefficient (Wildman–Crippen LogP) is 1.72. The lowest BCUT2D eigenvalue weighted by Gasteiger charge is -2.35. The zero-order chi connectivity index (χ0) is 19.6. The average molecular weight is 395 g/mol. The van der Waals surface area contributed by atoms with Crippen molar-refractivity contribution in [2.75, 3.05) is 38.2 Å². The maximum Gasteiger partial charge on any atom is 0.358 e. The van der Waals surface area contributed by atoms with Crippen LogP contribution in [0.4, 0.5) is 10.2 Å². The van der Waals surface area contributed by atoms with E-state index in [1.165, 1.54) is 19.2 Å². The van der Waals surface area contributed by atoms with Gasteiger partial charge in [0.2, 0.25) is 0 Å². The number of aromatic hydroxyl groups is 1. The van der Waals surface area contributed by atoms with E-state index in [9.17, 15) is 19.1 Å². The molecule has 0 atom stereocenters. The Hall–Kier alpha value is -2.94. The van der Waals surface area contributed by atoms with E-state index in [2.05, 4.69) is 14.9 Å². The van der Waals surface area contributed by atoms with Gasteiger partial charge in [0.25, 0.3) is 5.91 Å². The van der Waals surface area contributed by atoms with Gasteiger partial charge >= 0.3 is 5.97 Å². The number of nitrogens with zero attached hydrogens (tertiary/aromatic N) is 4. The normalized spacial score (nSPS) is 14.2. The number of benzene rings is 1. The number of methoxy groups -OCH3 is 1. The maximum absolute atomic E-state index is 13.6. The second kappa shape index (κ2) is 7.75. The molecule has 1 aromatic carbocycles. The summed E-state index contributed by atoms with van der Waals surface area (Å²) in [5.74, 6) is -1.97. The van der Waals surface area contributed by atoms with Gasteiger partial charge in [-0.2, -0.15) is 0 Å². The van der Waals surface area contributed by atoms with E-state index in [0.29, 0.717) is 32.0 Å². The Balaban J connectivity index is 1.65. The summed E-state index contributed by atoms with van der Waals surface area (Å²) >= 11 is 5.73. The van der Waals surface area contributed by atoms with Gasteiger partial charge < -0.3 is 19.6 Å². The molecule has 27 heavy (non-hydrogen) atoms. The van der Waals surface area contributed by atoms with Gasteiger partial charge in [0.1, 0.15) is 0 Å². The molecule has 3 rings (SSSR count). The number of carbonyl (C=O) groups excluding carboxylic acids is 2. The second-order valence-electron chi connectivity index (χ2n) is 5.84. The molecule has 1 aliphatic rings. The zero-order valence-electron chi connectivity index (χ0n) is 14.4. The number of esters is 1. The molecule has 0 bridgehead atoms. The Morgan fingerprint density at radius 3 is 2.44 bits per heavy atom. The number of hydrogen-bond acceptors (Lipinski definition) is 7. The van der Waals surface area contributed by atoms with E-state index in [1.807, 2.05) is 4.90 Å². The molecule has 1 amide bonds. The van der Waals surface area contributed by atoms with Gasteiger partial charge in [0.05, 0.1) is 12.1 Å². The topological polar surface area (TPSA) is 95.9 Å². The SMILES string of the molecule is COC(=O)c1ccc(N2CCN(C(=O)c3cc(F)c(O)c(Cl)c3)CC2)nn1. The molecule has 0 unspecified atom stereocenters. The van der Waals surface area contributed by atoms with Crippen molar-refractivity contribution < 1.29 is 23.8 Å². The van der Waals surface area contributed by atoms with Gasteiger partial charge in [-0.25, -0.2) is 9.18 Å². The van der Waals surface area contributed by atoms with Gasteiger partial charge in [-0.3, -0.25) is 4.79 Å². The van der Waals surface area contributed by atoms with Gasteiger partial charge in [-0.05, 0) is 24.3 Å². The van der Waals surface area contributed by atoms with Crippen LogP contribution < -0.4 is 4.90 Å². The fraction of sp³-hybridized carbons (Fsp3) is 0.294. The molecule has 1 aliphatic heterocycles. The predicted molar refractivity (Wildman–Crippen MR) is 94.6 cm³/mol. The van der Waals surface area contributed by atoms with Crippen LogP contribution in [-0.2, 0) is 4.74 Å². The summed E-state index contributed by atoms with van der Waals surface area (Å²) in [5, 5.41) is 17.0. The van der Waals surface area contributed by atoms with Gasteiger partial charge in [-0.1, -0.05) is 11.6 Å². The van der Waals surface area contributed by atoms with Crippen molar-refractivity contribution in [3.05, 3.63) is 46.4 Å². The van der Waals surface area contributed by atoms with Crippen molar-refractivity contribution in [3.63, 3.8) is 0 Å². The van der Waals surface area contributed by atoms with Gasteiger partial charge in [0, 0.05) is 31.7 Å². The average Bonchev–Trinajstić information content (AvgIpc) is 2.70. The molecule has 1 N–H and O–H groups in total. The summed E-state index contributed by atoms with van der Waals surface area (Å²) < 4.78 is 18.2. The first-order valence-corrected chi connectivity index (χ1v) is 8.42. The highest BCUT2D eigenvalue weighted by atomic mass is 35.5. The third kappa shape index (κ3) is 3.92. The third-order valence-corrected chi connectivity index (χ3v) is 4.49. The summed E-state index contributed by atoms with van der Waals surface area (Å²) in [6.45, 7) is 1.76. The zero-order valence-corrected chi connectivity index (χ0v) is 15.1. The monoisotopic (exact) mass is 394 g/mol. The molecule has 142 valence electrons. The lowest BCUT2D eigenvalue weighted by molar-refractivity contribution is 0.0592. The minimum Gasteiger partial charge on any atom is -0.504 e. The van der Waals surface area contributed by atoms with Crippen LogP contribution >= 0.6 is 11.6 Å². The fourth-order valence-corrected chi connectivity index (χ4v) is 2.93. The molecule has 1 saturated heterocycles. The lowest BCUT2D eigenvalue weighted by atomic mass is 10.1. The van der Waals surface area contributed by atoms with Crippen LogP contribution in [0.15, 0.2) is 24.3 Å². The number of phenols is 1. The van der Waals surface area contributed by atoms with Crippen molar-refractivity contribution >= 4 is 29.3 Å². The Kier molecular flexibility index (Phi) is 5.41. The number of halogens is 2. The molecule has 2 heterocycles. The van der Waals surface area contributed by atoms with E-state index in [0.717, 1.165) is 6.07 Å². The Bertz CT molecular complexity index is 847. The first-order chi connectivity index (χ1) is 12.9. The van der Waals surface area contributed by atoms with Crippen molar-refractivity contribution in [2.45, 2.75) is 0 Å². The van der Waals surface area contributed by atoms with Crippen molar-refractivity contribution in [2.24, 2.45) is 0 Å². The maximum atomic E-state index is 13.6. The molecule has 10 heteroatoms. The molecule has 8 nitrogen and oxygen atoms in total. The van der Waals surface area contributed by atoms with E-state index in [4.69, 9.17) is 11.6 Å². The molecule has 0 spiro atoms. The quantitative estimate of drug-likeness (QED) is 0.792. The number of phenolic OH excluding ortho intramolecular Hbond substituents is 1. The molecule has 2 aromatic rings. The van der Waals surface area contributed by atoms with Crippen LogP contribution in [0.25, 0.3) is 0 Å². The van der Waals surface area contributed by atoms with E-state index >= 15 is 0 Å². The van der Waals surface area contributed by atoms with Crippen molar-refractivity contribution in [3.8, 4) is 5.75 Å². The van der Waals surface area contributed by atoms with Crippen LogP contribution in [-0.4, -0.2) is 65.4 Å². The molecular formula is C17H16ClFN4O4. The summed E-state index contributed by atoms with van der Waals surface area (Å²) in [6, 6.07) is 5.39. The minimum absolute atomic E-state index is 0.0750. The number of aromatic nitrogens is 2. The van der Waals surface area contributed by atoms with Crippen LogP contribution in [0.1, 0.15) is 20.8 Å². The Morgan fingerprint density at radius 1 is 1.19 bits per heavy atom. The number of hydrogen-bond donors (Lipinski definition) is 1. The van der Waals surface area contributed by atoms with Crippen LogP contribution in [0.2, 0.25) is 5.02 Å². The van der Waals surface area contributed by atoms with E-state index < -0.39 is 17.5 Å². The van der Waals surface area contributed by atoms with Gasteiger partial charge in [-0.15, -0.1) is 10.2 Å². The van der Waals surface area contributed by atoms with E-state index in [-0.39, 0.29) is 22.2 Å². The highest BCUT2D eigenvalue weighted by molar-refractivity contribution is 6.32. The fourth-order valence-electron chi connectivity index (χ4n) is 2.72. The highest BCUT2D eigenvalue weighted by Gasteiger charge is 2.24. The Morgan fingerprint density at radius 2 is 1.89 bits per heavy atom. The molecule has 0 radical (unpaired) electrons. The molecule has 1 aromatic heterocycles. The summed E-state index contributed by atoms with van der Waals surface area (Å²) in [5.41, 5.74) is 0.187.